The topological polar surface area (TPSA) is 127 Å². The van der Waals surface area contributed by atoms with Gasteiger partial charge in [0.25, 0.3) is 5.91 Å². The van der Waals surface area contributed by atoms with E-state index in [9.17, 15) is 14.4 Å². The Labute approximate surface area is 248 Å². The number of ketones is 1. The van der Waals surface area contributed by atoms with Crippen LogP contribution in [0.1, 0.15) is 92.8 Å². The number of Topliss-reactive ketones (excluding diaryl/α,β-unsaturated/α-hetero) is 1. The van der Waals surface area contributed by atoms with E-state index in [1.807, 2.05) is 34.6 Å². The van der Waals surface area contributed by atoms with Crippen molar-refractivity contribution < 1.29 is 33.3 Å². The summed E-state index contributed by atoms with van der Waals surface area (Å²) in [6, 6.07) is 6.82. The highest BCUT2D eigenvalue weighted by Gasteiger charge is 2.31. The molecule has 2 aromatic rings. The third-order valence-electron chi connectivity index (χ3n) is 6.73. The third kappa shape index (κ3) is 7.21. The van der Waals surface area contributed by atoms with Crippen molar-refractivity contribution in [1.29, 1.82) is 5.41 Å². The summed E-state index contributed by atoms with van der Waals surface area (Å²) in [5.41, 5.74) is 1.76. The molecule has 0 aromatic heterocycles. The predicted octanol–water partition coefficient (Wildman–Crippen LogP) is 5.09. The highest BCUT2D eigenvalue weighted by atomic mass is 16.7. The molecule has 3 rings (SSSR count). The quantitative estimate of drug-likeness (QED) is 0.213. The van der Waals surface area contributed by atoms with Crippen LogP contribution in [-0.2, 0) is 21.5 Å². The predicted molar refractivity (Wildman–Crippen MR) is 160 cm³/mol. The number of carbonyl (C=O) groups excluding carboxylic acids is 3. The van der Waals surface area contributed by atoms with Gasteiger partial charge in [0.1, 0.15) is 11.6 Å². The first-order valence-electron chi connectivity index (χ1n) is 14.1. The molecule has 0 radical (unpaired) electrons. The van der Waals surface area contributed by atoms with Crippen LogP contribution in [0.25, 0.3) is 0 Å². The summed E-state index contributed by atoms with van der Waals surface area (Å²) in [6.07, 6.45) is 0. The fraction of sp³-hybridized carbons (Fsp3) is 0.500. The van der Waals surface area contributed by atoms with Gasteiger partial charge >= 0.3 is 5.97 Å². The summed E-state index contributed by atoms with van der Waals surface area (Å²) in [5.74, 6) is 0.475. The monoisotopic (exact) mass is 581 g/mol. The Hall–Kier alpha value is -4.08. The van der Waals surface area contributed by atoms with Crippen LogP contribution >= 0.6 is 0 Å². The van der Waals surface area contributed by atoms with Crippen LogP contribution in [0, 0.1) is 10.8 Å². The molecule has 10 heteroatoms. The number of hydrogen-bond donors (Lipinski definition) is 2. The summed E-state index contributed by atoms with van der Waals surface area (Å²) in [7, 11) is 1.54. The van der Waals surface area contributed by atoms with Gasteiger partial charge in [0.05, 0.1) is 30.7 Å². The second-order valence-electron chi connectivity index (χ2n) is 12.1. The summed E-state index contributed by atoms with van der Waals surface area (Å²) >= 11 is 0. The number of benzene rings is 2. The van der Waals surface area contributed by atoms with Crippen molar-refractivity contribution in [2.75, 3.05) is 33.6 Å². The Kier molecular flexibility index (Phi) is 9.91. The highest BCUT2D eigenvalue weighted by molar-refractivity contribution is 6.07. The minimum atomic E-state index is -0.674. The van der Waals surface area contributed by atoms with Crippen LogP contribution in [-0.4, -0.2) is 62.0 Å². The number of hydrogen-bond acceptors (Lipinski definition) is 8. The number of ether oxygens (including phenoxy) is 4. The van der Waals surface area contributed by atoms with Crippen molar-refractivity contribution in [3.8, 4) is 17.2 Å². The minimum absolute atomic E-state index is 0.0503. The van der Waals surface area contributed by atoms with E-state index >= 15 is 0 Å². The minimum Gasteiger partial charge on any atom is -0.493 e. The van der Waals surface area contributed by atoms with Crippen LogP contribution < -0.4 is 19.5 Å². The van der Waals surface area contributed by atoms with E-state index in [4.69, 9.17) is 24.4 Å². The molecular weight excluding hydrogens is 538 g/mol. The average molecular weight is 582 g/mol. The summed E-state index contributed by atoms with van der Waals surface area (Å²) in [6.45, 7) is 15.7. The van der Waals surface area contributed by atoms with Gasteiger partial charge in [-0.15, -0.1) is 0 Å². The molecular formula is C32H43N3O7. The lowest BCUT2D eigenvalue weighted by molar-refractivity contribution is -0.159. The summed E-state index contributed by atoms with van der Waals surface area (Å²) in [5, 5.41) is 11.4. The SMILES string of the molecule is CCOc1cc2c(cc1C(=O)NC)C(=N)N(CC(=O)c1cc(OCC)c(OCOC(=O)C(C)(C)C)c(C(C)(C)C)c1)C2. The molecule has 2 N–H and O–H groups in total. The van der Waals surface area contributed by atoms with Crippen LogP contribution in [0.3, 0.4) is 0 Å². The number of amidine groups is 1. The van der Waals surface area contributed by atoms with Gasteiger partial charge in [0.2, 0.25) is 6.79 Å². The van der Waals surface area contributed by atoms with Crippen molar-refractivity contribution in [2.24, 2.45) is 5.41 Å². The van der Waals surface area contributed by atoms with Gasteiger partial charge in [-0.05, 0) is 69.9 Å². The molecule has 228 valence electrons. The second-order valence-corrected chi connectivity index (χ2v) is 12.1. The zero-order valence-corrected chi connectivity index (χ0v) is 26.1. The molecule has 0 atom stereocenters. The molecule has 2 aromatic carbocycles. The lowest BCUT2D eigenvalue weighted by atomic mass is 9.84. The zero-order chi connectivity index (χ0) is 31.4. The molecule has 0 unspecified atom stereocenters. The van der Waals surface area contributed by atoms with E-state index in [1.165, 1.54) is 0 Å². The Morgan fingerprint density at radius 3 is 2.14 bits per heavy atom. The Bertz CT molecular complexity index is 1370. The van der Waals surface area contributed by atoms with Crippen molar-refractivity contribution >= 4 is 23.5 Å². The maximum absolute atomic E-state index is 13.7. The second kappa shape index (κ2) is 12.8. The zero-order valence-electron chi connectivity index (χ0n) is 26.1. The maximum atomic E-state index is 13.7. The van der Waals surface area contributed by atoms with E-state index in [0.29, 0.717) is 53.7 Å². The van der Waals surface area contributed by atoms with Crippen LogP contribution in [0.2, 0.25) is 0 Å². The largest absolute Gasteiger partial charge is 0.493 e. The maximum Gasteiger partial charge on any atom is 0.314 e. The first kappa shape index (κ1) is 32.4. The molecule has 0 aliphatic carbocycles. The normalized spacial score (nSPS) is 13.0. The molecule has 0 spiro atoms. The van der Waals surface area contributed by atoms with Crippen LogP contribution in [0.15, 0.2) is 24.3 Å². The molecule has 0 fully saturated rings. The van der Waals surface area contributed by atoms with Gasteiger partial charge in [0.15, 0.2) is 17.3 Å². The fourth-order valence-corrected chi connectivity index (χ4v) is 4.51. The Balaban J connectivity index is 1.90. The van der Waals surface area contributed by atoms with Gasteiger partial charge in [-0.3, -0.25) is 19.8 Å². The fourth-order valence-electron chi connectivity index (χ4n) is 4.51. The van der Waals surface area contributed by atoms with Crippen LogP contribution in [0.4, 0.5) is 0 Å². The van der Waals surface area contributed by atoms with Crippen molar-refractivity contribution in [1.82, 2.24) is 10.2 Å². The van der Waals surface area contributed by atoms with Gasteiger partial charge in [0, 0.05) is 30.3 Å². The molecule has 10 nitrogen and oxygen atoms in total. The van der Waals surface area contributed by atoms with E-state index in [0.717, 1.165) is 11.1 Å². The first-order valence-corrected chi connectivity index (χ1v) is 14.1. The Morgan fingerprint density at radius 1 is 0.929 bits per heavy atom. The summed E-state index contributed by atoms with van der Waals surface area (Å²) in [4.78, 5) is 40.0. The number of rotatable bonds is 11. The van der Waals surface area contributed by atoms with Crippen molar-refractivity contribution in [3.63, 3.8) is 0 Å². The van der Waals surface area contributed by atoms with E-state index < -0.39 is 16.8 Å². The van der Waals surface area contributed by atoms with Crippen molar-refractivity contribution in [3.05, 3.63) is 52.1 Å². The molecule has 1 amide bonds. The molecule has 1 heterocycles. The number of nitrogens with zero attached hydrogens (tertiary/aromatic N) is 1. The van der Waals surface area contributed by atoms with E-state index in [-0.39, 0.29) is 30.9 Å². The van der Waals surface area contributed by atoms with Gasteiger partial charge in [-0.25, -0.2) is 0 Å². The number of esters is 1. The van der Waals surface area contributed by atoms with Gasteiger partial charge in [-0.2, -0.15) is 0 Å². The number of fused-ring (bicyclic) bond motifs is 1. The molecule has 0 bridgehead atoms. The number of carbonyl (C=O) groups is 3. The molecule has 1 aliphatic heterocycles. The standard InChI is InChI=1S/C32H43N3O7/c1-10-39-25-14-20-16-35(28(33)21(20)15-22(25)29(37)34-9)17-24(36)19-12-23(31(3,4)5)27(26(13-19)40-11-2)41-18-42-30(38)32(6,7)8/h12-15,33H,10-11,16-18H2,1-9H3,(H,34,37). The number of nitrogens with one attached hydrogen (secondary N) is 2. The van der Waals surface area contributed by atoms with Crippen molar-refractivity contribution in [2.45, 2.75) is 67.3 Å². The number of amides is 1. The molecule has 0 saturated heterocycles. The van der Waals surface area contributed by atoms with Gasteiger partial charge < -0.3 is 29.2 Å². The smallest absolute Gasteiger partial charge is 0.314 e. The molecule has 0 saturated carbocycles. The lowest BCUT2D eigenvalue weighted by Gasteiger charge is -2.26. The van der Waals surface area contributed by atoms with E-state index in [2.05, 4.69) is 5.32 Å². The third-order valence-corrected chi connectivity index (χ3v) is 6.73. The van der Waals surface area contributed by atoms with E-state index in [1.54, 1.807) is 57.0 Å². The molecule has 42 heavy (non-hydrogen) atoms. The lowest BCUT2D eigenvalue weighted by Crippen LogP contribution is -2.30. The summed E-state index contributed by atoms with van der Waals surface area (Å²) < 4.78 is 22.8. The molecule has 1 aliphatic rings. The first-order chi connectivity index (χ1) is 19.6. The Morgan fingerprint density at radius 2 is 1.57 bits per heavy atom. The van der Waals surface area contributed by atoms with Crippen LogP contribution in [0.5, 0.6) is 17.2 Å². The average Bonchev–Trinajstić information content (AvgIpc) is 3.21. The van der Waals surface area contributed by atoms with Gasteiger partial charge in [-0.1, -0.05) is 20.8 Å². The highest BCUT2D eigenvalue weighted by Crippen LogP contribution is 2.40.